The number of hydrogen-bond donors (Lipinski definition) is 2. The van der Waals surface area contributed by atoms with Gasteiger partial charge in [-0.05, 0) is 24.6 Å². The zero-order valence-corrected chi connectivity index (χ0v) is 11.8. The maximum Gasteiger partial charge on any atom is 0.242 e. The molecule has 0 spiro atoms. The molecule has 110 valence electrons. The molecule has 1 aliphatic rings. The lowest BCUT2D eigenvalue weighted by Crippen LogP contribution is -2.51. The highest BCUT2D eigenvalue weighted by atomic mass is 16.6. The average Bonchev–Trinajstić information content (AvgIpc) is 2.46. The number of primary amides is 1. The minimum atomic E-state index is -0.978. The van der Waals surface area contributed by atoms with Crippen LogP contribution in [0.25, 0.3) is 0 Å². The van der Waals surface area contributed by atoms with Crippen molar-refractivity contribution in [2.24, 2.45) is 5.73 Å². The van der Waals surface area contributed by atoms with E-state index in [0.717, 1.165) is 5.56 Å². The van der Waals surface area contributed by atoms with Crippen molar-refractivity contribution in [1.82, 2.24) is 5.32 Å². The van der Waals surface area contributed by atoms with Gasteiger partial charge in [0, 0.05) is 13.7 Å². The summed E-state index contributed by atoms with van der Waals surface area (Å²) < 4.78 is 16.0. The third-order valence-electron chi connectivity index (χ3n) is 3.40. The highest BCUT2D eigenvalue weighted by Gasteiger charge is 2.33. The molecule has 0 saturated carbocycles. The molecule has 0 fully saturated rings. The number of benzene rings is 1. The van der Waals surface area contributed by atoms with E-state index < -0.39 is 11.4 Å². The Hall–Kier alpha value is -1.79. The quantitative estimate of drug-likeness (QED) is 0.737. The van der Waals surface area contributed by atoms with Gasteiger partial charge in [-0.15, -0.1) is 0 Å². The fraction of sp³-hybridized carbons (Fsp3) is 0.500. The highest BCUT2D eigenvalue weighted by Crippen LogP contribution is 2.34. The van der Waals surface area contributed by atoms with Gasteiger partial charge in [-0.1, -0.05) is 6.07 Å². The summed E-state index contributed by atoms with van der Waals surface area (Å²) in [6, 6.07) is 5.40. The first kappa shape index (κ1) is 14.6. The molecular formula is C14H20N2O4. The number of hydrogen-bond acceptors (Lipinski definition) is 5. The van der Waals surface area contributed by atoms with E-state index in [2.05, 4.69) is 5.32 Å². The van der Waals surface area contributed by atoms with Gasteiger partial charge >= 0.3 is 0 Å². The standard InChI is InChI=1S/C14H20N2O4/c1-14(13(15)17,16-5-6-18-2)10-3-4-11-12(9-10)20-8-7-19-11/h3-4,9,16H,5-8H2,1-2H3,(H2,15,17). The van der Waals surface area contributed by atoms with Gasteiger partial charge < -0.3 is 19.9 Å². The summed E-state index contributed by atoms with van der Waals surface area (Å²) in [6.07, 6.45) is 0. The van der Waals surface area contributed by atoms with Gasteiger partial charge in [0.25, 0.3) is 0 Å². The number of rotatable bonds is 6. The minimum absolute atomic E-state index is 0.453. The third-order valence-corrected chi connectivity index (χ3v) is 3.40. The Morgan fingerprint density at radius 1 is 1.40 bits per heavy atom. The van der Waals surface area contributed by atoms with Gasteiger partial charge in [-0.2, -0.15) is 0 Å². The van der Waals surface area contributed by atoms with E-state index >= 15 is 0 Å². The van der Waals surface area contributed by atoms with Crippen molar-refractivity contribution in [2.45, 2.75) is 12.5 Å². The zero-order valence-electron chi connectivity index (χ0n) is 11.8. The molecule has 1 aromatic rings. The molecule has 0 radical (unpaired) electrons. The number of ether oxygens (including phenoxy) is 3. The van der Waals surface area contributed by atoms with Crippen LogP contribution in [-0.2, 0) is 15.1 Å². The lowest BCUT2D eigenvalue weighted by molar-refractivity contribution is -0.124. The van der Waals surface area contributed by atoms with Crippen LogP contribution in [0.1, 0.15) is 12.5 Å². The van der Waals surface area contributed by atoms with E-state index in [0.29, 0.717) is 37.9 Å². The van der Waals surface area contributed by atoms with Crippen LogP contribution in [0, 0.1) is 0 Å². The van der Waals surface area contributed by atoms with Crippen LogP contribution in [0.2, 0.25) is 0 Å². The van der Waals surface area contributed by atoms with E-state index in [1.807, 2.05) is 6.07 Å². The fourth-order valence-electron chi connectivity index (χ4n) is 2.09. The zero-order chi connectivity index (χ0) is 14.6. The van der Waals surface area contributed by atoms with E-state index in [-0.39, 0.29) is 0 Å². The second-order valence-corrected chi connectivity index (χ2v) is 4.77. The van der Waals surface area contributed by atoms with Crippen molar-refractivity contribution in [3.63, 3.8) is 0 Å². The number of amides is 1. The third kappa shape index (κ3) is 2.86. The molecule has 1 atom stereocenters. The molecule has 1 unspecified atom stereocenters. The molecule has 20 heavy (non-hydrogen) atoms. The second-order valence-electron chi connectivity index (χ2n) is 4.77. The lowest BCUT2D eigenvalue weighted by atomic mass is 9.90. The smallest absolute Gasteiger partial charge is 0.242 e. The number of nitrogens with two attached hydrogens (primary N) is 1. The maximum absolute atomic E-state index is 11.8. The summed E-state index contributed by atoms with van der Waals surface area (Å²) >= 11 is 0. The van der Waals surface area contributed by atoms with Gasteiger partial charge in [-0.25, -0.2) is 0 Å². The number of fused-ring (bicyclic) bond motifs is 1. The van der Waals surface area contributed by atoms with Gasteiger partial charge in [-0.3, -0.25) is 10.1 Å². The summed E-state index contributed by atoms with van der Waals surface area (Å²) in [7, 11) is 1.60. The molecule has 6 heteroatoms. The van der Waals surface area contributed by atoms with Gasteiger partial charge in [0.1, 0.15) is 18.8 Å². The topological polar surface area (TPSA) is 82.8 Å². The molecule has 1 amide bonds. The predicted octanol–water partition coefficient (Wildman–Crippen LogP) is 0.394. The first-order valence-electron chi connectivity index (χ1n) is 6.52. The Kier molecular flexibility index (Phi) is 4.46. The number of carbonyl (C=O) groups is 1. The largest absolute Gasteiger partial charge is 0.486 e. The molecule has 1 aromatic carbocycles. The molecule has 0 bridgehead atoms. The Bertz CT molecular complexity index is 492. The Balaban J connectivity index is 2.26. The number of nitrogens with one attached hydrogen (secondary N) is 1. The maximum atomic E-state index is 11.8. The van der Waals surface area contributed by atoms with Crippen LogP contribution in [0.15, 0.2) is 18.2 Å². The van der Waals surface area contributed by atoms with Crippen LogP contribution < -0.4 is 20.5 Å². The van der Waals surface area contributed by atoms with E-state index in [4.69, 9.17) is 19.9 Å². The molecule has 0 aliphatic carbocycles. The first-order chi connectivity index (χ1) is 9.58. The van der Waals surface area contributed by atoms with E-state index in [1.165, 1.54) is 0 Å². The highest BCUT2D eigenvalue weighted by molar-refractivity contribution is 5.86. The van der Waals surface area contributed by atoms with Gasteiger partial charge in [0.05, 0.1) is 6.61 Å². The molecule has 6 nitrogen and oxygen atoms in total. The number of methoxy groups -OCH3 is 1. The average molecular weight is 280 g/mol. The van der Waals surface area contributed by atoms with Crippen molar-refractivity contribution < 1.29 is 19.0 Å². The molecule has 1 heterocycles. The first-order valence-corrected chi connectivity index (χ1v) is 6.52. The van der Waals surface area contributed by atoms with Crippen LogP contribution in [0.3, 0.4) is 0 Å². The Morgan fingerprint density at radius 3 is 2.75 bits per heavy atom. The molecule has 0 saturated heterocycles. The molecular weight excluding hydrogens is 260 g/mol. The molecule has 3 N–H and O–H groups in total. The van der Waals surface area contributed by atoms with Gasteiger partial charge in [0.2, 0.25) is 5.91 Å². The summed E-state index contributed by atoms with van der Waals surface area (Å²) in [5, 5.41) is 3.12. The van der Waals surface area contributed by atoms with Crippen LogP contribution in [-0.4, -0.2) is 39.4 Å². The molecule has 0 aromatic heterocycles. The fourth-order valence-corrected chi connectivity index (χ4v) is 2.09. The van der Waals surface area contributed by atoms with Crippen LogP contribution >= 0.6 is 0 Å². The SMILES string of the molecule is COCCNC(C)(C(N)=O)c1ccc2c(c1)OCCO2. The summed E-state index contributed by atoms with van der Waals surface area (Å²) in [4.78, 5) is 11.8. The van der Waals surface area contributed by atoms with Crippen molar-refractivity contribution in [3.05, 3.63) is 23.8 Å². The van der Waals surface area contributed by atoms with Crippen molar-refractivity contribution >= 4 is 5.91 Å². The van der Waals surface area contributed by atoms with E-state index in [1.54, 1.807) is 26.2 Å². The van der Waals surface area contributed by atoms with Crippen molar-refractivity contribution in [1.29, 1.82) is 0 Å². The Morgan fingerprint density at radius 2 is 2.10 bits per heavy atom. The normalized spacial score (nSPS) is 16.5. The predicted molar refractivity (Wildman–Crippen MR) is 73.9 cm³/mol. The molecule has 2 rings (SSSR count). The molecule has 1 aliphatic heterocycles. The summed E-state index contributed by atoms with van der Waals surface area (Å²) in [5.74, 6) is 0.865. The minimum Gasteiger partial charge on any atom is -0.486 e. The number of carbonyl (C=O) groups excluding carboxylic acids is 1. The lowest BCUT2D eigenvalue weighted by Gasteiger charge is -2.29. The second kappa shape index (κ2) is 6.11. The van der Waals surface area contributed by atoms with Crippen LogP contribution in [0.4, 0.5) is 0 Å². The van der Waals surface area contributed by atoms with E-state index in [9.17, 15) is 4.79 Å². The van der Waals surface area contributed by atoms with Crippen molar-refractivity contribution in [2.75, 3.05) is 33.5 Å². The summed E-state index contributed by atoms with van der Waals surface area (Å²) in [6.45, 7) is 3.79. The van der Waals surface area contributed by atoms with Crippen molar-refractivity contribution in [3.8, 4) is 11.5 Å². The van der Waals surface area contributed by atoms with Gasteiger partial charge in [0.15, 0.2) is 11.5 Å². The van der Waals surface area contributed by atoms with Crippen LogP contribution in [0.5, 0.6) is 11.5 Å². The Labute approximate surface area is 118 Å². The summed E-state index contributed by atoms with van der Waals surface area (Å²) in [5.41, 5.74) is 5.31. The monoisotopic (exact) mass is 280 g/mol.